The van der Waals surface area contributed by atoms with Gasteiger partial charge < -0.3 is 18.8 Å². The molecule has 0 spiro atoms. The molecule has 1 aliphatic heterocycles. The second-order valence-corrected chi connectivity index (χ2v) is 9.42. The minimum absolute atomic E-state index is 0.491. The molecule has 35 heavy (non-hydrogen) atoms. The fourth-order valence-corrected chi connectivity index (χ4v) is 5.71. The number of aromatic nitrogens is 1. The molecule has 0 saturated heterocycles. The Bertz CT molecular complexity index is 1350. The maximum Gasteiger partial charge on any atom is 0.298 e. The van der Waals surface area contributed by atoms with Crippen LogP contribution >= 0.6 is 0 Å². The van der Waals surface area contributed by atoms with Crippen LogP contribution in [0.15, 0.2) is 66.7 Å². The summed E-state index contributed by atoms with van der Waals surface area (Å²) in [5, 5.41) is 1.25. The van der Waals surface area contributed by atoms with E-state index in [4.69, 9.17) is 14.2 Å². The summed E-state index contributed by atoms with van der Waals surface area (Å²) in [5.41, 5.74) is 5.97. The summed E-state index contributed by atoms with van der Waals surface area (Å²) in [7, 11) is 0. The number of rotatable bonds is 6. The Morgan fingerprint density at radius 3 is 2.60 bits per heavy atom. The number of ether oxygens (including phenoxy) is 3. The van der Waals surface area contributed by atoms with E-state index < -0.39 is 0 Å². The fraction of sp³-hybridized carbons (Fsp3) is 0.300. The molecule has 4 aromatic rings. The van der Waals surface area contributed by atoms with Gasteiger partial charge in [0.2, 0.25) is 0 Å². The van der Waals surface area contributed by atoms with Crippen molar-refractivity contribution in [3.63, 3.8) is 0 Å². The lowest BCUT2D eigenvalue weighted by atomic mass is 9.81. The van der Waals surface area contributed by atoms with E-state index in [0.29, 0.717) is 31.4 Å². The van der Waals surface area contributed by atoms with E-state index >= 15 is 0 Å². The zero-order valence-electron chi connectivity index (χ0n) is 19.7. The van der Waals surface area contributed by atoms with Crippen LogP contribution < -0.4 is 14.2 Å². The molecule has 6 rings (SSSR count). The average Bonchev–Trinajstić information content (AvgIpc) is 3.10. The van der Waals surface area contributed by atoms with Crippen molar-refractivity contribution in [1.29, 1.82) is 0 Å². The molecule has 1 saturated carbocycles. The summed E-state index contributed by atoms with van der Waals surface area (Å²) >= 11 is 0. The van der Waals surface area contributed by atoms with Gasteiger partial charge in [-0.15, -0.1) is 0 Å². The number of hydrogen-bond acceptors (Lipinski definition) is 4. The number of benzene rings is 3. The third-order valence-corrected chi connectivity index (χ3v) is 7.30. The van der Waals surface area contributed by atoms with Crippen LogP contribution in [0.3, 0.4) is 0 Å². The van der Waals surface area contributed by atoms with Gasteiger partial charge in [0.15, 0.2) is 0 Å². The van der Waals surface area contributed by atoms with Crippen molar-refractivity contribution in [3.8, 4) is 28.5 Å². The summed E-state index contributed by atoms with van der Waals surface area (Å²) in [5.74, 6) is 2.75. The molecule has 3 aromatic carbocycles. The summed E-state index contributed by atoms with van der Waals surface area (Å²) in [6, 6.07) is 22.4. The second kappa shape index (κ2) is 9.49. The van der Waals surface area contributed by atoms with E-state index in [9.17, 15) is 4.79 Å². The molecule has 178 valence electrons. The standard InChI is InChI=1S/C30H29NO4/c32-20-35-23-11-13-25-27(17-23)31-15-16-33-28-18-24(34-19-21-7-3-1-4-8-21)12-14-26(28)30(31)29(25)22-9-5-2-6-10-22/h1,3-4,7-8,11-14,17-18,20,22H,2,5-6,9-10,15-16,19H2. The molecule has 0 unspecified atom stereocenters. The predicted molar refractivity (Wildman–Crippen MR) is 136 cm³/mol. The first-order valence-electron chi connectivity index (χ1n) is 12.5. The molecule has 1 aromatic heterocycles. The van der Waals surface area contributed by atoms with E-state index in [1.807, 2.05) is 42.5 Å². The first kappa shape index (κ1) is 21.8. The minimum Gasteiger partial charge on any atom is -0.491 e. The minimum atomic E-state index is 0.491. The van der Waals surface area contributed by atoms with Crippen LogP contribution in [-0.4, -0.2) is 17.6 Å². The molecular weight excluding hydrogens is 438 g/mol. The lowest BCUT2D eigenvalue weighted by Crippen LogP contribution is -2.07. The molecule has 0 radical (unpaired) electrons. The highest BCUT2D eigenvalue weighted by molar-refractivity contribution is 5.95. The highest BCUT2D eigenvalue weighted by Gasteiger charge is 2.29. The summed E-state index contributed by atoms with van der Waals surface area (Å²) in [6.07, 6.45) is 6.24. The lowest BCUT2D eigenvalue weighted by molar-refractivity contribution is -0.120. The van der Waals surface area contributed by atoms with Gasteiger partial charge in [-0.3, -0.25) is 4.79 Å². The van der Waals surface area contributed by atoms with Crippen molar-refractivity contribution in [2.45, 2.75) is 51.2 Å². The highest BCUT2D eigenvalue weighted by atomic mass is 16.5. The smallest absolute Gasteiger partial charge is 0.298 e. The molecule has 1 fully saturated rings. The number of carbonyl (C=O) groups excluding carboxylic acids is 1. The third kappa shape index (κ3) is 4.16. The van der Waals surface area contributed by atoms with Crippen molar-refractivity contribution < 1.29 is 19.0 Å². The second-order valence-electron chi connectivity index (χ2n) is 9.42. The SMILES string of the molecule is O=COc1ccc2c(C3CCCCC3)c3n(c2c1)CCOc1cc(OCc2ccccc2)ccc1-3. The Kier molecular flexibility index (Phi) is 5.91. The molecule has 0 bridgehead atoms. The Morgan fingerprint density at radius 1 is 0.943 bits per heavy atom. The van der Waals surface area contributed by atoms with Gasteiger partial charge in [0, 0.05) is 23.1 Å². The van der Waals surface area contributed by atoms with Crippen molar-refractivity contribution in [2.75, 3.05) is 6.61 Å². The zero-order valence-corrected chi connectivity index (χ0v) is 19.7. The third-order valence-electron chi connectivity index (χ3n) is 7.30. The molecule has 0 amide bonds. The summed E-state index contributed by atoms with van der Waals surface area (Å²) in [6.45, 7) is 2.31. The quantitative estimate of drug-likeness (QED) is 0.291. The monoisotopic (exact) mass is 467 g/mol. The van der Waals surface area contributed by atoms with Crippen LogP contribution in [0.2, 0.25) is 0 Å². The molecule has 2 aliphatic rings. The maximum atomic E-state index is 11.0. The normalized spacial score (nSPS) is 15.5. The first-order chi connectivity index (χ1) is 17.3. The summed E-state index contributed by atoms with van der Waals surface area (Å²) < 4.78 is 19.9. The first-order valence-corrected chi connectivity index (χ1v) is 12.5. The van der Waals surface area contributed by atoms with Crippen molar-refractivity contribution in [2.24, 2.45) is 0 Å². The van der Waals surface area contributed by atoms with Gasteiger partial charge in [0.05, 0.1) is 17.8 Å². The highest BCUT2D eigenvalue weighted by Crippen LogP contribution is 2.48. The molecular formula is C30H29NO4. The van der Waals surface area contributed by atoms with E-state index in [1.54, 1.807) is 0 Å². The van der Waals surface area contributed by atoms with E-state index in [1.165, 1.54) is 48.7 Å². The lowest BCUT2D eigenvalue weighted by Gasteiger charge is -2.23. The van der Waals surface area contributed by atoms with Gasteiger partial charge in [-0.2, -0.15) is 0 Å². The Balaban J connectivity index is 1.45. The Morgan fingerprint density at radius 2 is 1.77 bits per heavy atom. The average molecular weight is 468 g/mol. The van der Waals surface area contributed by atoms with Crippen molar-refractivity contribution in [3.05, 3.63) is 77.9 Å². The van der Waals surface area contributed by atoms with Crippen LogP contribution in [0, 0.1) is 0 Å². The van der Waals surface area contributed by atoms with E-state index in [-0.39, 0.29) is 0 Å². The molecule has 5 nitrogen and oxygen atoms in total. The van der Waals surface area contributed by atoms with Gasteiger partial charge in [-0.25, -0.2) is 0 Å². The largest absolute Gasteiger partial charge is 0.491 e. The van der Waals surface area contributed by atoms with Crippen LogP contribution in [0.25, 0.3) is 22.2 Å². The molecule has 1 aliphatic carbocycles. The number of fused-ring (bicyclic) bond motifs is 5. The molecule has 0 atom stereocenters. The predicted octanol–water partition coefficient (Wildman–Crippen LogP) is 6.86. The van der Waals surface area contributed by atoms with E-state index in [2.05, 4.69) is 28.8 Å². The van der Waals surface area contributed by atoms with E-state index in [0.717, 1.165) is 34.7 Å². The van der Waals surface area contributed by atoms with Crippen LogP contribution in [0.4, 0.5) is 0 Å². The Hall–Kier alpha value is -3.73. The van der Waals surface area contributed by atoms with Gasteiger partial charge in [0.25, 0.3) is 6.47 Å². The van der Waals surface area contributed by atoms with Gasteiger partial charge in [-0.1, -0.05) is 49.6 Å². The molecule has 0 N–H and O–H groups in total. The summed E-state index contributed by atoms with van der Waals surface area (Å²) in [4.78, 5) is 11.0. The fourth-order valence-electron chi connectivity index (χ4n) is 5.71. The maximum absolute atomic E-state index is 11.0. The van der Waals surface area contributed by atoms with Crippen LogP contribution in [0.1, 0.15) is 49.1 Å². The number of carbonyl (C=O) groups is 1. The number of nitrogens with zero attached hydrogens (tertiary/aromatic N) is 1. The molecule has 2 heterocycles. The van der Waals surface area contributed by atoms with Gasteiger partial charge in [-0.05, 0) is 54.2 Å². The molecule has 5 heteroatoms. The topological polar surface area (TPSA) is 49.7 Å². The van der Waals surface area contributed by atoms with Crippen molar-refractivity contribution >= 4 is 17.4 Å². The Labute approximate surface area is 205 Å². The zero-order chi connectivity index (χ0) is 23.6. The number of hydrogen-bond donors (Lipinski definition) is 0. The van der Waals surface area contributed by atoms with Crippen LogP contribution in [0.5, 0.6) is 17.2 Å². The van der Waals surface area contributed by atoms with Gasteiger partial charge >= 0.3 is 0 Å². The van der Waals surface area contributed by atoms with Gasteiger partial charge in [0.1, 0.15) is 30.5 Å². The van der Waals surface area contributed by atoms with Crippen LogP contribution in [-0.2, 0) is 17.9 Å². The van der Waals surface area contributed by atoms with Crippen molar-refractivity contribution in [1.82, 2.24) is 4.57 Å².